The molecule has 1 aromatic carbocycles. The van der Waals surface area contributed by atoms with Gasteiger partial charge in [0, 0.05) is 43.5 Å². The largest absolute Gasteiger partial charge is 0.337 e. The van der Waals surface area contributed by atoms with E-state index in [-0.39, 0.29) is 28.9 Å². The van der Waals surface area contributed by atoms with Crippen LogP contribution >= 0.6 is 0 Å². The first-order valence-electron chi connectivity index (χ1n) is 10.4. The van der Waals surface area contributed by atoms with Crippen LogP contribution in [0.5, 0.6) is 0 Å². The fourth-order valence-electron chi connectivity index (χ4n) is 4.14. The van der Waals surface area contributed by atoms with Crippen molar-refractivity contribution in [1.29, 1.82) is 0 Å². The maximum Gasteiger partial charge on any atom is 0.274 e. The number of likely N-dealkylation sites (tertiary alicyclic amines) is 1. The molecule has 7 heteroatoms. The Hall–Kier alpha value is -3.35. The number of hydrogen-bond acceptors (Lipinski definition) is 4. The number of rotatable bonds is 4. The van der Waals surface area contributed by atoms with Crippen molar-refractivity contribution in [3.63, 3.8) is 0 Å². The molecule has 0 N–H and O–H groups in total. The van der Waals surface area contributed by atoms with Crippen LogP contribution in [0.2, 0.25) is 0 Å². The van der Waals surface area contributed by atoms with Crippen LogP contribution < -0.4 is 5.56 Å². The predicted molar refractivity (Wildman–Crippen MR) is 116 cm³/mol. The molecule has 1 saturated heterocycles. The highest BCUT2D eigenvalue weighted by atomic mass is 19.1. The summed E-state index contributed by atoms with van der Waals surface area (Å²) in [5, 5.41) is 4.09. The Morgan fingerprint density at radius 3 is 2.77 bits per heavy atom. The first-order valence-corrected chi connectivity index (χ1v) is 10.4. The van der Waals surface area contributed by atoms with E-state index in [4.69, 9.17) is 4.98 Å². The number of amides is 1. The molecule has 31 heavy (non-hydrogen) atoms. The first-order chi connectivity index (χ1) is 14.9. The van der Waals surface area contributed by atoms with Crippen LogP contribution in [0.15, 0.2) is 53.3 Å². The van der Waals surface area contributed by atoms with Gasteiger partial charge in [0.1, 0.15) is 11.5 Å². The van der Waals surface area contributed by atoms with Crippen LogP contribution in [0, 0.1) is 12.7 Å². The molecule has 0 saturated carbocycles. The number of halogens is 1. The number of nitrogens with zero attached hydrogens (tertiary/aromatic N) is 4. The lowest BCUT2D eigenvalue weighted by Gasteiger charge is -2.32. The van der Waals surface area contributed by atoms with Crippen molar-refractivity contribution in [2.75, 3.05) is 13.1 Å². The van der Waals surface area contributed by atoms with E-state index in [0.29, 0.717) is 19.5 Å². The smallest absolute Gasteiger partial charge is 0.274 e. The minimum absolute atomic E-state index is 0.122. The summed E-state index contributed by atoms with van der Waals surface area (Å²) in [5.41, 5.74) is 3.88. The summed E-state index contributed by atoms with van der Waals surface area (Å²) >= 11 is 0. The Balaban J connectivity index is 1.53. The maximum atomic E-state index is 13.6. The lowest BCUT2D eigenvalue weighted by molar-refractivity contribution is 0.0697. The van der Waals surface area contributed by atoms with Gasteiger partial charge in [0.25, 0.3) is 11.5 Å². The Morgan fingerprint density at radius 2 is 2.00 bits per heavy atom. The summed E-state index contributed by atoms with van der Waals surface area (Å²) in [6.45, 7) is 3.17. The fraction of sp³-hybridized carbons (Fsp3) is 0.333. The molecule has 3 heterocycles. The van der Waals surface area contributed by atoms with E-state index in [1.54, 1.807) is 17.0 Å². The summed E-state index contributed by atoms with van der Waals surface area (Å²) in [5.74, 6) is -0.290. The van der Waals surface area contributed by atoms with Crippen LogP contribution in [-0.2, 0) is 13.5 Å². The van der Waals surface area contributed by atoms with Crippen LogP contribution in [-0.4, -0.2) is 38.7 Å². The van der Waals surface area contributed by atoms with Gasteiger partial charge < -0.3 is 4.90 Å². The molecule has 0 aliphatic carbocycles. The van der Waals surface area contributed by atoms with Crippen LogP contribution in [0.3, 0.4) is 0 Å². The molecule has 2 aromatic heterocycles. The number of pyridine rings is 1. The molecule has 4 rings (SSSR count). The summed E-state index contributed by atoms with van der Waals surface area (Å²) in [4.78, 5) is 31.0. The normalized spacial score (nSPS) is 16.4. The Bertz CT molecular complexity index is 1170. The van der Waals surface area contributed by atoms with Crippen molar-refractivity contribution in [3.8, 4) is 0 Å². The molecule has 1 amide bonds. The third-order valence-electron chi connectivity index (χ3n) is 5.64. The highest BCUT2D eigenvalue weighted by Crippen LogP contribution is 2.28. The number of piperidine rings is 1. The van der Waals surface area contributed by atoms with E-state index >= 15 is 0 Å². The van der Waals surface area contributed by atoms with E-state index in [1.165, 1.54) is 29.9 Å². The van der Waals surface area contributed by atoms with E-state index in [0.717, 1.165) is 35.4 Å². The molecule has 0 radical (unpaired) electrons. The molecular formula is C24H25FN4O2. The molecule has 0 unspecified atom stereocenters. The zero-order valence-electron chi connectivity index (χ0n) is 17.7. The average Bonchev–Trinajstić information content (AvgIpc) is 2.75. The van der Waals surface area contributed by atoms with E-state index < -0.39 is 0 Å². The third kappa shape index (κ3) is 4.87. The molecule has 0 spiro atoms. The van der Waals surface area contributed by atoms with E-state index in [9.17, 15) is 14.0 Å². The average molecular weight is 420 g/mol. The van der Waals surface area contributed by atoms with Crippen LogP contribution in [0.1, 0.15) is 51.8 Å². The maximum absolute atomic E-state index is 13.6. The fourth-order valence-corrected chi connectivity index (χ4v) is 4.14. The Labute approximate surface area is 180 Å². The number of benzene rings is 1. The first kappa shape index (κ1) is 20.9. The number of carbonyl (C=O) groups excluding carboxylic acids is 1. The van der Waals surface area contributed by atoms with Gasteiger partial charge in [-0.05, 0) is 67.6 Å². The second kappa shape index (κ2) is 8.79. The highest BCUT2D eigenvalue weighted by molar-refractivity contribution is 5.92. The molecule has 1 aliphatic heterocycles. The van der Waals surface area contributed by atoms with Crippen LogP contribution in [0.4, 0.5) is 4.39 Å². The van der Waals surface area contributed by atoms with Gasteiger partial charge in [0.2, 0.25) is 0 Å². The number of aryl methyl sites for hydroxylation is 2. The lowest BCUT2D eigenvalue weighted by atomic mass is 9.92. The Morgan fingerprint density at radius 1 is 1.16 bits per heavy atom. The zero-order valence-corrected chi connectivity index (χ0v) is 17.7. The minimum Gasteiger partial charge on any atom is -0.337 e. The van der Waals surface area contributed by atoms with Gasteiger partial charge >= 0.3 is 0 Å². The van der Waals surface area contributed by atoms with Crippen molar-refractivity contribution in [2.45, 2.75) is 32.1 Å². The van der Waals surface area contributed by atoms with Crippen LogP contribution in [0.25, 0.3) is 0 Å². The molecular weight excluding hydrogens is 395 g/mol. The second-order valence-corrected chi connectivity index (χ2v) is 8.12. The van der Waals surface area contributed by atoms with Crippen molar-refractivity contribution in [1.82, 2.24) is 19.7 Å². The van der Waals surface area contributed by atoms with E-state index in [1.807, 2.05) is 19.1 Å². The van der Waals surface area contributed by atoms with Gasteiger partial charge in [-0.1, -0.05) is 12.1 Å². The van der Waals surface area contributed by atoms with Crippen molar-refractivity contribution < 1.29 is 9.18 Å². The molecule has 160 valence electrons. The number of aromatic nitrogens is 3. The summed E-state index contributed by atoms with van der Waals surface area (Å²) in [6, 6.07) is 13.6. The predicted octanol–water partition coefficient (Wildman–Crippen LogP) is 3.23. The molecule has 1 atom stereocenters. The standard InChI is InChI=1S/C24H25FN4O2/c1-16-11-18(12-17-5-3-7-20(25)13-17)14-22(26-16)19-6-4-10-29(15-19)24(31)21-8-9-23(30)28(2)27-21/h3,5,7-9,11,13-14,19H,4,6,10,12,15H2,1-2H3/t19-/m0/s1. The highest BCUT2D eigenvalue weighted by Gasteiger charge is 2.27. The van der Waals surface area contributed by atoms with Crippen molar-refractivity contribution >= 4 is 5.91 Å². The van der Waals surface area contributed by atoms with Gasteiger partial charge in [-0.15, -0.1) is 0 Å². The molecule has 6 nitrogen and oxygen atoms in total. The van der Waals surface area contributed by atoms with Gasteiger partial charge in [0.15, 0.2) is 0 Å². The second-order valence-electron chi connectivity index (χ2n) is 8.12. The third-order valence-corrected chi connectivity index (χ3v) is 5.64. The topological polar surface area (TPSA) is 68.1 Å². The summed E-state index contributed by atoms with van der Waals surface area (Å²) in [6.07, 6.45) is 2.45. The quantitative estimate of drug-likeness (QED) is 0.650. The van der Waals surface area contributed by atoms with Gasteiger partial charge in [-0.25, -0.2) is 9.07 Å². The molecule has 1 aliphatic rings. The van der Waals surface area contributed by atoms with Gasteiger partial charge in [-0.3, -0.25) is 14.6 Å². The van der Waals surface area contributed by atoms with Gasteiger partial charge in [0.05, 0.1) is 0 Å². The SMILES string of the molecule is Cc1cc(Cc2cccc(F)c2)cc([C@H]2CCCN(C(=O)c3ccc(=O)n(C)n3)C2)n1. The molecule has 0 bridgehead atoms. The Kier molecular flexibility index (Phi) is 5.93. The molecule has 3 aromatic rings. The summed E-state index contributed by atoms with van der Waals surface area (Å²) in [7, 11) is 1.54. The van der Waals surface area contributed by atoms with E-state index in [2.05, 4.69) is 11.2 Å². The van der Waals surface area contributed by atoms with Gasteiger partial charge in [-0.2, -0.15) is 5.10 Å². The van der Waals surface area contributed by atoms with Crippen molar-refractivity contribution in [2.24, 2.45) is 7.05 Å². The monoisotopic (exact) mass is 420 g/mol. The minimum atomic E-state index is -0.247. The molecule has 1 fully saturated rings. The number of hydrogen-bond donors (Lipinski definition) is 0. The number of carbonyl (C=O) groups is 1. The zero-order chi connectivity index (χ0) is 22.0. The lowest BCUT2D eigenvalue weighted by Crippen LogP contribution is -2.40. The summed E-state index contributed by atoms with van der Waals surface area (Å²) < 4.78 is 14.7. The van der Waals surface area contributed by atoms with Crippen molar-refractivity contribution in [3.05, 3.63) is 92.9 Å².